The largest absolute Gasteiger partial charge is 0.448 e. The van der Waals surface area contributed by atoms with Crippen LogP contribution < -0.4 is 5.32 Å². The zero-order valence-electron chi connectivity index (χ0n) is 14.7. The first-order valence-electron chi connectivity index (χ1n) is 8.75. The third kappa shape index (κ3) is 3.42. The summed E-state index contributed by atoms with van der Waals surface area (Å²) in [5.74, 6) is -0.121. The maximum Gasteiger partial charge on any atom is 0.268 e. The molecule has 0 bridgehead atoms. The van der Waals surface area contributed by atoms with Crippen molar-refractivity contribution in [2.24, 2.45) is 0 Å². The van der Waals surface area contributed by atoms with Crippen molar-refractivity contribution in [3.63, 3.8) is 0 Å². The number of rotatable bonds is 7. The van der Waals surface area contributed by atoms with Gasteiger partial charge in [-0.3, -0.25) is 9.48 Å². The fourth-order valence-electron chi connectivity index (χ4n) is 3.25. The molecule has 7 heteroatoms. The van der Waals surface area contributed by atoms with Crippen LogP contribution >= 0.6 is 15.9 Å². The molecule has 0 fully saturated rings. The van der Waals surface area contributed by atoms with Gasteiger partial charge in [0.1, 0.15) is 5.69 Å². The Morgan fingerprint density at radius 1 is 1.30 bits per heavy atom. The molecule has 0 spiro atoms. The summed E-state index contributed by atoms with van der Waals surface area (Å²) in [6, 6.07) is 11.7. The number of hydrogen-bond donors (Lipinski definition) is 1. The summed E-state index contributed by atoms with van der Waals surface area (Å²) < 4.78 is 10.1. The van der Waals surface area contributed by atoms with Crippen molar-refractivity contribution in [1.29, 1.82) is 0 Å². The van der Waals surface area contributed by atoms with E-state index >= 15 is 0 Å². The Hall–Kier alpha value is -2.80. The molecule has 3 aromatic heterocycles. The number of nitrogens with one attached hydrogen (secondary N) is 1. The van der Waals surface area contributed by atoms with Crippen LogP contribution in [0.15, 0.2) is 64.3 Å². The number of fused-ring (bicyclic) bond motifs is 2. The minimum Gasteiger partial charge on any atom is -0.448 e. The lowest BCUT2D eigenvalue weighted by Crippen LogP contribution is -2.27. The molecule has 0 unspecified atom stereocenters. The van der Waals surface area contributed by atoms with E-state index in [-0.39, 0.29) is 5.91 Å². The zero-order valence-corrected chi connectivity index (χ0v) is 16.3. The number of allylic oxidation sites excluding steroid dienone is 1. The molecule has 4 aromatic rings. The predicted molar refractivity (Wildman–Crippen MR) is 109 cm³/mol. The summed E-state index contributed by atoms with van der Waals surface area (Å²) in [7, 11) is 0. The lowest BCUT2D eigenvalue weighted by Gasteiger charge is -2.09. The number of nitrogens with zero attached hydrogens (tertiary/aromatic N) is 3. The third-order valence-electron chi connectivity index (χ3n) is 4.49. The van der Waals surface area contributed by atoms with Crippen molar-refractivity contribution in [3.05, 3.63) is 65.6 Å². The minimum atomic E-state index is -0.121. The molecule has 138 valence electrons. The molecular formula is C20H19BrN4O2. The van der Waals surface area contributed by atoms with E-state index in [9.17, 15) is 4.79 Å². The van der Waals surface area contributed by atoms with E-state index in [0.717, 1.165) is 29.4 Å². The van der Waals surface area contributed by atoms with Crippen LogP contribution in [0.25, 0.3) is 22.0 Å². The topological polar surface area (TPSA) is 65.0 Å². The quantitative estimate of drug-likeness (QED) is 0.352. The van der Waals surface area contributed by atoms with Gasteiger partial charge in [0.25, 0.3) is 5.91 Å². The number of halogens is 1. The van der Waals surface area contributed by atoms with E-state index in [2.05, 4.69) is 39.0 Å². The van der Waals surface area contributed by atoms with Crippen LogP contribution in [0.2, 0.25) is 0 Å². The van der Waals surface area contributed by atoms with E-state index in [1.54, 1.807) is 12.1 Å². The lowest BCUT2D eigenvalue weighted by molar-refractivity contribution is 0.0944. The van der Waals surface area contributed by atoms with Gasteiger partial charge < -0.3 is 14.3 Å². The maximum atomic E-state index is 12.6. The molecule has 1 amide bonds. The molecule has 6 nitrogen and oxygen atoms in total. The molecule has 4 rings (SSSR count). The lowest BCUT2D eigenvalue weighted by atomic mass is 10.2. The number of amides is 1. The third-order valence-corrected chi connectivity index (χ3v) is 4.88. The van der Waals surface area contributed by atoms with E-state index in [1.807, 2.05) is 39.7 Å². The van der Waals surface area contributed by atoms with Crippen LogP contribution in [0, 0.1) is 0 Å². The number of carbonyl (C=O) groups excluding carboxylic acids is 1. The molecule has 0 aliphatic rings. The van der Waals surface area contributed by atoms with Gasteiger partial charge in [-0.15, -0.1) is 6.58 Å². The van der Waals surface area contributed by atoms with Crippen LogP contribution in [-0.2, 0) is 13.1 Å². The van der Waals surface area contributed by atoms with Gasteiger partial charge in [0.05, 0.1) is 17.2 Å². The van der Waals surface area contributed by atoms with E-state index in [4.69, 9.17) is 4.42 Å². The molecule has 0 aliphatic carbocycles. The highest BCUT2D eigenvalue weighted by Gasteiger charge is 2.17. The second kappa shape index (κ2) is 7.44. The van der Waals surface area contributed by atoms with Crippen molar-refractivity contribution in [2.75, 3.05) is 6.54 Å². The van der Waals surface area contributed by atoms with Crippen molar-refractivity contribution >= 4 is 43.8 Å². The maximum absolute atomic E-state index is 12.6. The summed E-state index contributed by atoms with van der Waals surface area (Å²) >= 11 is 3.32. The van der Waals surface area contributed by atoms with Gasteiger partial charge in [-0.1, -0.05) is 24.3 Å². The number of benzene rings is 1. The Labute approximate surface area is 164 Å². The van der Waals surface area contributed by atoms with E-state index in [1.165, 1.54) is 0 Å². The summed E-state index contributed by atoms with van der Waals surface area (Å²) in [6.07, 6.45) is 4.42. The highest BCUT2D eigenvalue weighted by molar-refractivity contribution is 9.10. The number of aryl methyl sites for hydroxylation is 1. The van der Waals surface area contributed by atoms with Gasteiger partial charge in [-0.05, 0) is 28.4 Å². The smallest absolute Gasteiger partial charge is 0.268 e. The molecule has 0 saturated carbocycles. The number of furan rings is 1. The Balaban J connectivity index is 1.41. The average molecular weight is 427 g/mol. The second-order valence-corrected chi connectivity index (χ2v) is 7.05. The van der Waals surface area contributed by atoms with Gasteiger partial charge in [-0.2, -0.15) is 5.10 Å². The molecule has 0 saturated heterocycles. The highest BCUT2D eigenvalue weighted by Crippen LogP contribution is 2.27. The SMILES string of the molecule is C=CCn1c(C(=O)NCCCn2ncc3ccccc32)cc2oc(Br)cc21. The molecule has 0 radical (unpaired) electrons. The van der Waals surface area contributed by atoms with Crippen LogP contribution in [-0.4, -0.2) is 26.8 Å². The predicted octanol–water partition coefficient (Wildman–Crippen LogP) is 4.35. The first kappa shape index (κ1) is 17.6. The second-order valence-electron chi connectivity index (χ2n) is 6.26. The van der Waals surface area contributed by atoms with Crippen LogP contribution in [0.1, 0.15) is 16.9 Å². The molecule has 0 atom stereocenters. The Morgan fingerprint density at radius 2 is 2.15 bits per heavy atom. The molecule has 27 heavy (non-hydrogen) atoms. The van der Waals surface area contributed by atoms with Crippen molar-refractivity contribution in [3.8, 4) is 0 Å². The minimum absolute atomic E-state index is 0.121. The van der Waals surface area contributed by atoms with Gasteiger partial charge in [0, 0.05) is 37.2 Å². The van der Waals surface area contributed by atoms with Crippen molar-refractivity contribution in [2.45, 2.75) is 19.5 Å². The Bertz CT molecular complexity index is 1120. The summed E-state index contributed by atoms with van der Waals surface area (Å²) in [6.45, 7) is 5.63. The molecule has 1 N–H and O–H groups in total. The van der Waals surface area contributed by atoms with Crippen LogP contribution in [0.5, 0.6) is 0 Å². The van der Waals surface area contributed by atoms with E-state index in [0.29, 0.717) is 29.0 Å². The fourth-order valence-corrected chi connectivity index (χ4v) is 3.64. The average Bonchev–Trinajstić information content (AvgIpc) is 3.32. The van der Waals surface area contributed by atoms with Crippen molar-refractivity contribution < 1.29 is 9.21 Å². The monoisotopic (exact) mass is 426 g/mol. The van der Waals surface area contributed by atoms with Gasteiger partial charge in [-0.25, -0.2) is 0 Å². The zero-order chi connectivity index (χ0) is 18.8. The molecule has 0 aliphatic heterocycles. The number of hydrogen-bond acceptors (Lipinski definition) is 3. The fraction of sp³-hybridized carbons (Fsp3) is 0.200. The molecule has 3 heterocycles. The summed E-state index contributed by atoms with van der Waals surface area (Å²) in [5.41, 5.74) is 3.22. The van der Waals surface area contributed by atoms with Gasteiger partial charge in [0.15, 0.2) is 10.3 Å². The first-order chi connectivity index (χ1) is 13.2. The van der Waals surface area contributed by atoms with Gasteiger partial charge in [0.2, 0.25) is 0 Å². The van der Waals surface area contributed by atoms with Gasteiger partial charge >= 0.3 is 0 Å². The molecule has 1 aromatic carbocycles. The Kier molecular flexibility index (Phi) is 4.85. The van der Waals surface area contributed by atoms with Crippen molar-refractivity contribution in [1.82, 2.24) is 19.7 Å². The standard InChI is InChI=1S/C20H19BrN4O2/c1-2-9-24-16-12-19(21)27-18(16)11-17(24)20(26)22-8-5-10-25-15-7-4-3-6-14(15)13-23-25/h2-4,6-7,11-13H,1,5,8-10H2,(H,22,26). The molecular weight excluding hydrogens is 408 g/mol. The summed E-state index contributed by atoms with van der Waals surface area (Å²) in [5, 5.41) is 8.52. The number of para-hydroxylation sites is 1. The van der Waals surface area contributed by atoms with E-state index < -0.39 is 0 Å². The highest BCUT2D eigenvalue weighted by atomic mass is 79.9. The Morgan fingerprint density at radius 3 is 3.00 bits per heavy atom. The van der Waals surface area contributed by atoms with Crippen LogP contribution in [0.3, 0.4) is 0 Å². The normalized spacial score (nSPS) is 11.3. The summed E-state index contributed by atoms with van der Waals surface area (Å²) in [4.78, 5) is 12.6. The first-order valence-corrected chi connectivity index (χ1v) is 9.55. The van der Waals surface area contributed by atoms with Crippen LogP contribution in [0.4, 0.5) is 0 Å². The number of carbonyl (C=O) groups is 1. The number of aromatic nitrogens is 3.